The van der Waals surface area contributed by atoms with Crippen LogP contribution in [0.15, 0.2) is 18.2 Å². The molecule has 2 N–H and O–H groups in total. The molecule has 0 saturated carbocycles. The number of aliphatic hydroxyl groups is 1. The highest BCUT2D eigenvalue weighted by molar-refractivity contribution is 6.00. The van der Waals surface area contributed by atoms with Crippen LogP contribution in [0.3, 0.4) is 0 Å². The van der Waals surface area contributed by atoms with Crippen molar-refractivity contribution >= 4 is 11.6 Å². The predicted octanol–water partition coefficient (Wildman–Crippen LogP) is 1.33. The van der Waals surface area contributed by atoms with Gasteiger partial charge in [-0.05, 0) is 31.9 Å². The topological polar surface area (TPSA) is 61.8 Å². The SMILES string of the molecule is COCC(O)CNC(=O)c1cc(C)ccc1N1CCCC1. The third kappa shape index (κ3) is 4.19. The Bertz CT molecular complexity index is 484. The molecular formula is C16H24N2O3. The van der Waals surface area contributed by atoms with E-state index >= 15 is 0 Å². The van der Waals surface area contributed by atoms with Crippen molar-refractivity contribution in [2.75, 3.05) is 38.3 Å². The lowest BCUT2D eigenvalue weighted by Crippen LogP contribution is -2.35. The third-order valence-electron chi connectivity index (χ3n) is 3.70. The molecule has 1 aliphatic rings. The molecule has 0 spiro atoms. The molecule has 1 amide bonds. The second-order valence-electron chi connectivity index (χ2n) is 5.53. The summed E-state index contributed by atoms with van der Waals surface area (Å²) in [6, 6.07) is 5.96. The van der Waals surface area contributed by atoms with Crippen molar-refractivity contribution in [3.8, 4) is 0 Å². The molecule has 0 aliphatic carbocycles. The van der Waals surface area contributed by atoms with Gasteiger partial charge in [0, 0.05) is 32.4 Å². The summed E-state index contributed by atoms with van der Waals surface area (Å²) in [5.74, 6) is -0.143. The van der Waals surface area contributed by atoms with Crippen LogP contribution in [-0.2, 0) is 4.74 Å². The number of amides is 1. The molecular weight excluding hydrogens is 268 g/mol. The van der Waals surface area contributed by atoms with Gasteiger partial charge in [-0.25, -0.2) is 0 Å². The predicted molar refractivity (Wildman–Crippen MR) is 82.8 cm³/mol. The monoisotopic (exact) mass is 292 g/mol. The summed E-state index contributed by atoms with van der Waals surface area (Å²) in [5.41, 5.74) is 2.72. The van der Waals surface area contributed by atoms with Crippen molar-refractivity contribution in [3.63, 3.8) is 0 Å². The fourth-order valence-corrected chi connectivity index (χ4v) is 2.62. The maximum Gasteiger partial charge on any atom is 0.253 e. The van der Waals surface area contributed by atoms with Gasteiger partial charge >= 0.3 is 0 Å². The van der Waals surface area contributed by atoms with Gasteiger partial charge in [-0.15, -0.1) is 0 Å². The number of ether oxygens (including phenoxy) is 1. The van der Waals surface area contributed by atoms with Gasteiger partial charge in [-0.1, -0.05) is 11.6 Å². The maximum absolute atomic E-state index is 12.4. The van der Waals surface area contributed by atoms with Gasteiger partial charge in [0.05, 0.1) is 18.3 Å². The molecule has 1 unspecified atom stereocenters. The van der Waals surface area contributed by atoms with Crippen LogP contribution >= 0.6 is 0 Å². The van der Waals surface area contributed by atoms with Crippen molar-refractivity contribution in [1.29, 1.82) is 0 Å². The Morgan fingerprint density at radius 3 is 2.81 bits per heavy atom. The number of benzene rings is 1. The fourth-order valence-electron chi connectivity index (χ4n) is 2.62. The highest BCUT2D eigenvalue weighted by Gasteiger charge is 2.20. The maximum atomic E-state index is 12.4. The Morgan fingerprint density at radius 1 is 1.43 bits per heavy atom. The van der Waals surface area contributed by atoms with Crippen LogP contribution < -0.4 is 10.2 Å². The van der Waals surface area contributed by atoms with Crippen LogP contribution in [0.2, 0.25) is 0 Å². The number of rotatable bonds is 6. The quantitative estimate of drug-likeness (QED) is 0.830. The zero-order chi connectivity index (χ0) is 15.2. The first-order chi connectivity index (χ1) is 10.1. The lowest BCUT2D eigenvalue weighted by atomic mass is 10.1. The Hall–Kier alpha value is -1.59. The van der Waals surface area contributed by atoms with Crippen LogP contribution in [0.25, 0.3) is 0 Å². The van der Waals surface area contributed by atoms with Gasteiger partial charge in [0.1, 0.15) is 0 Å². The molecule has 1 aromatic carbocycles. The first kappa shape index (κ1) is 15.8. The lowest BCUT2D eigenvalue weighted by Gasteiger charge is -2.21. The van der Waals surface area contributed by atoms with Crippen molar-refractivity contribution < 1.29 is 14.6 Å². The van der Waals surface area contributed by atoms with E-state index in [1.165, 1.54) is 20.0 Å². The number of methoxy groups -OCH3 is 1. The van der Waals surface area contributed by atoms with E-state index < -0.39 is 6.10 Å². The summed E-state index contributed by atoms with van der Waals surface area (Å²) in [4.78, 5) is 14.6. The molecule has 0 radical (unpaired) electrons. The van der Waals surface area contributed by atoms with Crippen molar-refractivity contribution in [3.05, 3.63) is 29.3 Å². The van der Waals surface area contributed by atoms with Crippen molar-refractivity contribution in [2.45, 2.75) is 25.9 Å². The molecule has 21 heavy (non-hydrogen) atoms. The van der Waals surface area contributed by atoms with Crippen LogP contribution in [0.5, 0.6) is 0 Å². The number of anilines is 1. The highest BCUT2D eigenvalue weighted by atomic mass is 16.5. The normalized spacial score (nSPS) is 16.0. The van der Waals surface area contributed by atoms with Crippen LogP contribution in [0.1, 0.15) is 28.8 Å². The first-order valence-electron chi connectivity index (χ1n) is 7.42. The molecule has 5 heteroatoms. The number of nitrogens with zero attached hydrogens (tertiary/aromatic N) is 1. The van der Waals surface area contributed by atoms with Crippen LogP contribution in [0, 0.1) is 6.92 Å². The molecule has 1 saturated heterocycles. The zero-order valence-electron chi connectivity index (χ0n) is 12.8. The summed E-state index contributed by atoms with van der Waals surface area (Å²) in [5, 5.41) is 12.4. The number of nitrogens with one attached hydrogen (secondary N) is 1. The average molecular weight is 292 g/mol. The van der Waals surface area contributed by atoms with E-state index in [0.29, 0.717) is 5.56 Å². The summed E-state index contributed by atoms with van der Waals surface area (Å²) in [7, 11) is 1.52. The number of aliphatic hydroxyl groups excluding tert-OH is 1. The van der Waals surface area contributed by atoms with Gasteiger partial charge in [-0.2, -0.15) is 0 Å². The standard InChI is InChI=1S/C16H24N2O3/c1-12-5-6-15(18-7-3-4-8-18)14(9-12)16(20)17-10-13(19)11-21-2/h5-6,9,13,19H,3-4,7-8,10-11H2,1-2H3,(H,17,20). The minimum absolute atomic E-state index is 0.143. The summed E-state index contributed by atoms with van der Waals surface area (Å²) in [6.07, 6.45) is 1.65. The number of aryl methyl sites for hydroxylation is 1. The van der Waals surface area contributed by atoms with E-state index in [4.69, 9.17) is 4.74 Å². The van der Waals surface area contributed by atoms with Gasteiger partial charge in [0.15, 0.2) is 0 Å². The second kappa shape index (κ2) is 7.43. The molecule has 1 aliphatic heterocycles. The molecule has 0 bridgehead atoms. The van der Waals surface area contributed by atoms with Gasteiger partial charge in [0.25, 0.3) is 5.91 Å². The lowest BCUT2D eigenvalue weighted by molar-refractivity contribution is 0.0610. The van der Waals surface area contributed by atoms with Gasteiger partial charge in [-0.3, -0.25) is 4.79 Å². The van der Waals surface area contributed by atoms with Crippen LogP contribution in [-0.4, -0.2) is 50.5 Å². The van der Waals surface area contributed by atoms with Crippen molar-refractivity contribution in [2.24, 2.45) is 0 Å². The minimum atomic E-state index is -0.681. The van der Waals surface area contributed by atoms with E-state index in [0.717, 1.165) is 24.3 Å². The molecule has 2 rings (SSSR count). The largest absolute Gasteiger partial charge is 0.389 e. The van der Waals surface area contributed by atoms with Crippen molar-refractivity contribution in [1.82, 2.24) is 5.32 Å². The Balaban J connectivity index is 2.09. The third-order valence-corrected chi connectivity index (χ3v) is 3.70. The summed E-state index contributed by atoms with van der Waals surface area (Å²) in [6.45, 7) is 4.38. The molecule has 1 heterocycles. The first-order valence-corrected chi connectivity index (χ1v) is 7.42. The minimum Gasteiger partial charge on any atom is -0.389 e. The number of carbonyl (C=O) groups is 1. The van der Waals surface area contributed by atoms with E-state index in [9.17, 15) is 9.90 Å². The molecule has 0 aromatic heterocycles. The Labute approximate surface area is 125 Å². The van der Waals surface area contributed by atoms with Gasteiger partial charge in [0.2, 0.25) is 0 Å². The number of hydrogen-bond donors (Lipinski definition) is 2. The number of hydrogen-bond acceptors (Lipinski definition) is 4. The van der Waals surface area contributed by atoms with Gasteiger partial charge < -0.3 is 20.1 Å². The number of carbonyl (C=O) groups excluding carboxylic acids is 1. The zero-order valence-corrected chi connectivity index (χ0v) is 12.8. The molecule has 1 aromatic rings. The fraction of sp³-hybridized carbons (Fsp3) is 0.562. The summed E-state index contributed by atoms with van der Waals surface area (Å²) >= 11 is 0. The molecule has 1 fully saturated rings. The van der Waals surface area contributed by atoms with E-state index in [-0.39, 0.29) is 19.1 Å². The smallest absolute Gasteiger partial charge is 0.253 e. The summed E-state index contributed by atoms with van der Waals surface area (Å²) < 4.78 is 4.86. The Kier molecular flexibility index (Phi) is 5.59. The highest BCUT2D eigenvalue weighted by Crippen LogP contribution is 2.25. The Morgan fingerprint density at radius 2 is 2.14 bits per heavy atom. The van der Waals surface area contributed by atoms with E-state index in [2.05, 4.69) is 10.2 Å². The van der Waals surface area contributed by atoms with E-state index in [1.54, 1.807) is 0 Å². The van der Waals surface area contributed by atoms with E-state index in [1.807, 2.05) is 25.1 Å². The molecule has 1 atom stereocenters. The second-order valence-corrected chi connectivity index (χ2v) is 5.53. The van der Waals surface area contributed by atoms with Crippen LogP contribution in [0.4, 0.5) is 5.69 Å². The molecule has 5 nitrogen and oxygen atoms in total. The average Bonchev–Trinajstić information content (AvgIpc) is 2.99. The molecule has 116 valence electrons.